The number of para-hydroxylation sites is 2. The smallest absolute Gasteiger partial charge is 0.271 e. The average Bonchev–Trinajstić information content (AvgIpc) is 3.10. The van der Waals surface area contributed by atoms with Crippen LogP contribution in [0.4, 0.5) is 0 Å². The number of rotatable bonds is 4. The number of aromatic nitrogens is 2. The van der Waals surface area contributed by atoms with Crippen LogP contribution < -0.4 is 5.32 Å². The summed E-state index contributed by atoms with van der Waals surface area (Å²) in [7, 11) is 0. The van der Waals surface area contributed by atoms with Gasteiger partial charge in [0.1, 0.15) is 15.6 Å². The Morgan fingerprint density at radius 3 is 3.00 bits per heavy atom. The summed E-state index contributed by atoms with van der Waals surface area (Å²) in [5.41, 5.74) is 1.93. The lowest BCUT2D eigenvalue weighted by Gasteiger charge is -1.98. The van der Waals surface area contributed by atoms with Crippen molar-refractivity contribution < 1.29 is 9.21 Å². The van der Waals surface area contributed by atoms with Gasteiger partial charge in [0, 0.05) is 5.38 Å². The van der Waals surface area contributed by atoms with E-state index in [2.05, 4.69) is 15.3 Å². The Labute approximate surface area is 123 Å². The molecule has 0 radical (unpaired) electrons. The topological polar surface area (TPSA) is 68.0 Å². The number of thiazole rings is 1. The molecule has 2 heterocycles. The summed E-state index contributed by atoms with van der Waals surface area (Å²) < 4.78 is 6.41. The number of hydrogen-bond donors (Lipinski definition) is 1. The van der Waals surface area contributed by atoms with Gasteiger partial charge in [0.2, 0.25) is 5.89 Å². The minimum absolute atomic E-state index is 0.219. The zero-order valence-electron chi connectivity index (χ0n) is 10.6. The summed E-state index contributed by atoms with van der Waals surface area (Å²) in [5.74, 6) is 0.267. The quantitative estimate of drug-likeness (QED) is 0.751. The molecule has 0 aliphatic heterocycles. The van der Waals surface area contributed by atoms with Gasteiger partial charge in [-0.1, -0.05) is 23.9 Å². The van der Waals surface area contributed by atoms with Crippen LogP contribution in [0.3, 0.4) is 0 Å². The first-order chi connectivity index (χ1) is 9.76. The van der Waals surface area contributed by atoms with Crippen molar-refractivity contribution in [3.8, 4) is 0 Å². The number of nitrogens with zero attached hydrogens (tertiary/aromatic N) is 2. The van der Waals surface area contributed by atoms with Crippen molar-refractivity contribution in [1.29, 1.82) is 0 Å². The van der Waals surface area contributed by atoms with Crippen LogP contribution in [0.25, 0.3) is 11.1 Å². The van der Waals surface area contributed by atoms with E-state index in [1.807, 2.05) is 30.5 Å². The SMILES string of the molecule is CSc1nc(C(=O)NCc2nc3ccccc3o2)cs1. The highest BCUT2D eigenvalue weighted by Gasteiger charge is 2.12. The van der Waals surface area contributed by atoms with Crippen LogP contribution in [-0.4, -0.2) is 22.1 Å². The van der Waals surface area contributed by atoms with Crippen LogP contribution in [0.2, 0.25) is 0 Å². The fourth-order valence-corrected chi connectivity index (χ4v) is 2.94. The van der Waals surface area contributed by atoms with Crippen molar-refractivity contribution in [1.82, 2.24) is 15.3 Å². The van der Waals surface area contributed by atoms with Crippen LogP contribution in [0.1, 0.15) is 16.4 Å². The Morgan fingerprint density at radius 2 is 2.25 bits per heavy atom. The number of thioether (sulfide) groups is 1. The van der Waals surface area contributed by atoms with Gasteiger partial charge in [-0.25, -0.2) is 9.97 Å². The van der Waals surface area contributed by atoms with Gasteiger partial charge >= 0.3 is 0 Å². The molecule has 3 aromatic rings. The van der Waals surface area contributed by atoms with Gasteiger partial charge < -0.3 is 9.73 Å². The monoisotopic (exact) mass is 305 g/mol. The number of oxazole rings is 1. The number of benzene rings is 1. The third kappa shape index (κ3) is 2.68. The molecule has 0 bridgehead atoms. The number of fused-ring (bicyclic) bond motifs is 1. The number of hydrogen-bond acceptors (Lipinski definition) is 6. The highest BCUT2D eigenvalue weighted by Crippen LogP contribution is 2.19. The van der Waals surface area contributed by atoms with Crippen molar-refractivity contribution >= 4 is 40.1 Å². The molecule has 1 amide bonds. The lowest BCUT2D eigenvalue weighted by Crippen LogP contribution is -2.23. The molecular formula is C13H11N3O2S2. The highest BCUT2D eigenvalue weighted by molar-refractivity contribution is 8.00. The van der Waals surface area contributed by atoms with E-state index in [4.69, 9.17) is 4.42 Å². The lowest BCUT2D eigenvalue weighted by atomic mass is 10.3. The molecule has 20 heavy (non-hydrogen) atoms. The zero-order chi connectivity index (χ0) is 13.9. The molecule has 5 nitrogen and oxygen atoms in total. The summed E-state index contributed by atoms with van der Waals surface area (Å²) in [5, 5.41) is 4.50. The molecule has 2 aromatic heterocycles. The third-order valence-corrected chi connectivity index (χ3v) is 4.49. The second-order valence-electron chi connectivity index (χ2n) is 3.96. The zero-order valence-corrected chi connectivity index (χ0v) is 12.3. The molecule has 1 aromatic carbocycles. The average molecular weight is 305 g/mol. The molecule has 0 fully saturated rings. The van der Waals surface area contributed by atoms with Crippen molar-refractivity contribution in [3.63, 3.8) is 0 Å². The molecule has 0 aliphatic carbocycles. The van der Waals surface area contributed by atoms with Gasteiger partial charge in [-0.2, -0.15) is 0 Å². The van der Waals surface area contributed by atoms with Crippen molar-refractivity contribution in [2.75, 3.05) is 6.26 Å². The first-order valence-corrected chi connectivity index (χ1v) is 7.99. The van der Waals surface area contributed by atoms with E-state index in [0.717, 1.165) is 15.4 Å². The van der Waals surface area contributed by atoms with Crippen LogP contribution in [-0.2, 0) is 6.54 Å². The van der Waals surface area contributed by atoms with Gasteiger partial charge in [-0.15, -0.1) is 11.3 Å². The Kier molecular flexibility index (Phi) is 3.70. The predicted octanol–water partition coefficient (Wildman–Crippen LogP) is 2.94. The van der Waals surface area contributed by atoms with E-state index < -0.39 is 0 Å². The standard InChI is InChI=1S/C13H11N3O2S2/c1-19-13-16-9(7-20-13)12(17)14-6-11-15-8-4-2-3-5-10(8)18-11/h2-5,7H,6H2,1H3,(H,14,17). The minimum Gasteiger partial charge on any atom is -0.439 e. The van der Waals surface area contributed by atoms with Gasteiger partial charge in [-0.3, -0.25) is 4.79 Å². The van der Waals surface area contributed by atoms with E-state index in [9.17, 15) is 4.79 Å². The third-order valence-electron chi connectivity index (χ3n) is 2.63. The lowest BCUT2D eigenvalue weighted by molar-refractivity contribution is 0.0943. The summed E-state index contributed by atoms with van der Waals surface area (Å²) in [4.78, 5) is 20.4. The second-order valence-corrected chi connectivity index (χ2v) is 5.87. The van der Waals surface area contributed by atoms with E-state index in [-0.39, 0.29) is 12.5 Å². The number of carbonyl (C=O) groups is 1. The van der Waals surface area contributed by atoms with Crippen LogP contribution in [0.5, 0.6) is 0 Å². The largest absolute Gasteiger partial charge is 0.439 e. The maximum atomic E-state index is 11.9. The molecule has 1 N–H and O–H groups in total. The summed E-state index contributed by atoms with van der Waals surface area (Å²) in [6.45, 7) is 0.250. The van der Waals surface area contributed by atoms with Gasteiger partial charge in [0.05, 0.1) is 6.54 Å². The summed E-state index contributed by atoms with van der Waals surface area (Å²) in [6.07, 6.45) is 1.93. The first kappa shape index (κ1) is 13.1. The highest BCUT2D eigenvalue weighted by atomic mass is 32.2. The Bertz CT molecular complexity index is 718. The van der Waals surface area contributed by atoms with Gasteiger partial charge in [-0.05, 0) is 18.4 Å². The van der Waals surface area contributed by atoms with E-state index >= 15 is 0 Å². The molecular weight excluding hydrogens is 294 g/mol. The molecule has 7 heteroatoms. The predicted molar refractivity (Wildman–Crippen MR) is 79.1 cm³/mol. The Hall–Kier alpha value is -1.86. The second kappa shape index (κ2) is 5.64. The molecule has 0 atom stereocenters. The van der Waals surface area contributed by atoms with E-state index in [1.165, 1.54) is 23.1 Å². The first-order valence-electron chi connectivity index (χ1n) is 5.88. The summed E-state index contributed by atoms with van der Waals surface area (Å²) >= 11 is 2.98. The van der Waals surface area contributed by atoms with Crippen molar-refractivity contribution in [2.24, 2.45) is 0 Å². The Morgan fingerprint density at radius 1 is 1.40 bits per heavy atom. The maximum Gasteiger partial charge on any atom is 0.271 e. The van der Waals surface area contributed by atoms with Gasteiger partial charge in [0.15, 0.2) is 5.58 Å². The number of amides is 1. The number of nitrogens with one attached hydrogen (secondary N) is 1. The normalized spacial score (nSPS) is 10.8. The molecule has 0 saturated heterocycles. The maximum absolute atomic E-state index is 11.9. The molecule has 0 spiro atoms. The van der Waals surface area contributed by atoms with Crippen molar-refractivity contribution in [3.05, 3.63) is 41.2 Å². The van der Waals surface area contributed by atoms with Crippen LogP contribution in [0.15, 0.2) is 38.4 Å². The molecule has 0 unspecified atom stereocenters. The molecule has 0 aliphatic rings. The molecule has 0 saturated carbocycles. The van der Waals surface area contributed by atoms with Crippen LogP contribution >= 0.6 is 23.1 Å². The molecule has 3 rings (SSSR count). The minimum atomic E-state index is -0.219. The Balaban J connectivity index is 1.68. The number of carbonyl (C=O) groups excluding carboxylic acids is 1. The van der Waals surface area contributed by atoms with E-state index in [1.54, 1.807) is 5.38 Å². The summed E-state index contributed by atoms with van der Waals surface area (Å²) in [6, 6.07) is 7.50. The van der Waals surface area contributed by atoms with E-state index in [0.29, 0.717) is 11.6 Å². The van der Waals surface area contributed by atoms with Crippen molar-refractivity contribution in [2.45, 2.75) is 10.9 Å². The fourth-order valence-electron chi connectivity index (χ4n) is 1.70. The van der Waals surface area contributed by atoms with Gasteiger partial charge in [0.25, 0.3) is 5.91 Å². The fraction of sp³-hybridized carbons (Fsp3) is 0.154. The van der Waals surface area contributed by atoms with Crippen LogP contribution in [0, 0.1) is 0 Å². The molecule has 102 valence electrons.